The van der Waals surface area contributed by atoms with E-state index in [9.17, 15) is 4.79 Å². The zero-order valence-corrected chi connectivity index (χ0v) is 15.4. The summed E-state index contributed by atoms with van der Waals surface area (Å²) in [4.78, 5) is 16.8. The van der Waals surface area contributed by atoms with E-state index in [-0.39, 0.29) is 5.43 Å². The first-order valence-electron chi connectivity index (χ1n) is 8.71. The van der Waals surface area contributed by atoms with Crippen LogP contribution in [0.15, 0.2) is 44.9 Å². The number of hydrogen-bond acceptors (Lipinski definition) is 5. The number of hydrogen-bond donors (Lipinski definition) is 0. The third-order valence-corrected chi connectivity index (χ3v) is 5.77. The van der Waals surface area contributed by atoms with Crippen LogP contribution >= 0.6 is 11.3 Å². The van der Waals surface area contributed by atoms with Gasteiger partial charge in [0, 0.05) is 49.9 Å². The summed E-state index contributed by atoms with van der Waals surface area (Å²) in [7, 11) is 4.05. The van der Waals surface area contributed by atoms with E-state index in [0.29, 0.717) is 10.6 Å². The fraction of sp³-hybridized carbons (Fsp3) is 0.350. The molecule has 1 aliphatic rings. The Morgan fingerprint density at radius 1 is 1.08 bits per heavy atom. The average molecular weight is 354 g/mol. The van der Waals surface area contributed by atoms with E-state index in [2.05, 4.69) is 34.1 Å². The van der Waals surface area contributed by atoms with E-state index in [1.807, 2.05) is 19.5 Å². The summed E-state index contributed by atoms with van der Waals surface area (Å²) in [6.07, 6.45) is 3.57. The molecule has 0 radical (unpaired) electrons. The molecule has 0 bridgehead atoms. The summed E-state index contributed by atoms with van der Waals surface area (Å²) in [6.45, 7) is 1.93. The number of rotatable bonds is 3. The second kappa shape index (κ2) is 6.56. The van der Waals surface area contributed by atoms with Crippen molar-refractivity contribution in [2.24, 2.45) is 0 Å². The summed E-state index contributed by atoms with van der Waals surface area (Å²) < 4.78 is 6.91. The SMILES string of the molecule is CN(C)c1ccc(-c2csc3c(=O)cc(N4CCCCC4)oc23)cc1. The molecule has 0 unspecified atom stereocenters. The van der Waals surface area contributed by atoms with E-state index in [1.54, 1.807) is 6.07 Å². The summed E-state index contributed by atoms with van der Waals surface area (Å²) in [5.74, 6) is 0.710. The third kappa shape index (κ3) is 3.04. The summed E-state index contributed by atoms with van der Waals surface area (Å²) >= 11 is 1.47. The van der Waals surface area contributed by atoms with Crippen LogP contribution < -0.4 is 15.2 Å². The van der Waals surface area contributed by atoms with Crippen molar-refractivity contribution in [1.82, 2.24) is 0 Å². The molecule has 2 aromatic heterocycles. The highest BCUT2D eigenvalue weighted by Gasteiger charge is 2.18. The van der Waals surface area contributed by atoms with Gasteiger partial charge in [-0.2, -0.15) is 0 Å². The monoisotopic (exact) mass is 354 g/mol. The van der Waals surface area contributed by atoms with Crippen LogP contribution in [0.25, 0.3) is 21.4 Å². The second-order valence-corrected chi connectivity index (χ2v) is 7.63. The molecular weight excluding hydrogens is 332 g/mol. The molecule has 5 heteroatoms. The van der Waals surface area contributed by atoms with Crippen molar-refractivity contribution in [3.8, 4) is 11.1 Å². The Morgan fingerprint density at radius 2 is 1.80 bits per heavy atom. The molecule has 3 aromatic rings. The van der Waals surface area contributed by atoms with Crippen molar-refractivity contribution in [3.05, 3.63) is 45.9 Å². The van der Waals surface area contributed by atoms with E-state index in [1.165, 1.54) is 17.8 Å². The molecule has 1 aliphatic heterocycles. The maximum Gasteiger partial charge on any atom is 0.204 e. The Kier molecular flexibility index (Phi) is 4.25. The van der Waals surface area contributed by atoms with Gasteiger partial charge in [0.25, 0.3) is 0 Å². The molecule has 4 rings (SSSR count). The van der Waals surface area contributed by atoms with Crippen molar-refractivity contribution in [2.75, 3.05) is 37.0 Å². The summed E-state index contributed by atoms with van der Waals surface area (Å²) in [6, 6.07) is 10.0. The van der Waals surface area contributed by atoms with E-state index < -0.39 is 0 Å². The van der Waals surface area contributed by atoms with Crippen molar-refractivity contribution >= 4 is 33.2 Å². The lowest BCUT2D eigenvalue weighted by Gasteiger charge is -2.26. The molecule has 3 heterocycles. The molecule has 1 fully saturated rings. The molecule has 25 heavy (non-hydrogen) atoms. The molecule has 0 saturated carbocycles. The fourth-order valence-corrected chi connectivity index (χ4v) is 4.25. The zero-order valence-electron chi connectivity index (χ0n) is 14.6. The van der Waals surface area contributed by atoms with Gasteiger partial charge in [0.05, 0.1) is 0 Å². The first kappa shape index (κ1) is 16.2. The number of thiophene rings is 1. The van der Waals surface area contributed by atoms with Crippen molar-refractivity contribution in [3.63, 3.8) is 0 Å². The van der Waals surface area contributed by atoms with Crippen LogP contribution in [0.1, 0.15) is 19.3 Å². The van der Waals surface area contributed by atoms with Crippen LogP contribution in [0.5, 0.6) is 0 Å². The van der Waals surface area contributed by atoms with Crippen LogP contribution in [-0.2, 0) is 0 Å². The number of fused-ring (bicyclic) bond motifs is 1. The quantitative estimate of drug-likeness (QED) is 0.690. The standard InChI is InChI=1S/C20H22N2O2S/c1-21(2)15-8-6-14(7-9-15)16-13-25-20-17(23)12-18(24-19(16)20)22-10-4-3-5-11-22/h6-9,12-13H,3-5,10-11H2,1-2H3. The van der Waals surface area contributed by atoms with Gasteiger partial charge in [0.15, 0.2) is 11.5 Å². The molecule has 1 aromatic carbocycles. The zero-order chi connectivity index (χ0) is 17.4. The predicted octanol–water partition coefficient (Wildman–Crippen LogP) is 4.58. The van der Waals surface area contributed by atoms with Crippen LogP contribution in [0.2, 0.25) is 0 Å². The van der Waals surface area contributed by atoms with Gasteiger partial charge in [-0.05, 0) is 37.0 Å². The smallest absolute Gasteiger partial charge is 0.204 e. The van der Waals surface area contributed by atoms with Crippen molar-refractivity contribution in [2.45, 2.75) is 19.3 Å². The van der Waals surface area contributed by atoms with Gasteiger partial charge in [-0.1, -0.05) is 12.1 Å². The minimum Gasteiger partial charge on any atom is -0.439 e. The molecule has 0 N–H and O–H groups in total. The first-order valence-corrected chi connectivity index (χ1v) is 9.59. The van der Waals surface area contributed by atoms with E-state index in [0.717, 1.165) is 48.3 Å². The number of anilines is 2. The lowest BCUT2D eigenvalue weighted by molar-refractivity contribution is 0.513. The van der Waals surface area contributed by atoms with Crippen molar-refractivity contribution in [1.29, 1.82) is 0 Å². The van der Waals surface area contributed by atoms with Crippen LogP contribution in [-0.4, -0.2) is 27.2 Å². The predicted molar refractivity (Wildman–Crippen MR) is 106 cm³/mol. The number of nitrogens with zero attached hydrogens (tertiary/aromatic N) is 2. The molecule has 130 valence electrons. The first-order chi connectivity index (χ1) is 12.1. The summed E-state index contributed by atoms with van der Waals surface area (Å²) in [5.41, 5.74) is 4.01. The molecule has 0 atom stereocenters. The minimum absolute atomic E-state index is 0.0583. The Balaban J connectivity index is 1.79. The Hall–Kier alpha value is -2.27. The molecule has 0 spiro atoms. The molecular formula is C20H22N2O2S. The fourth-order valence-electron chi connectivity index (χ4n) is 3.34. The molecule has 1 saturated heterocycles. The Bertz CT molecular complexity index is 934. The lowest BCUT2D eigenvalue weighted by atomic mass is 10.1. The van der Waals surface area contributed by atoms with Gasteiger partial charge in [-0.25, -0.2) is 0 Å². The summed E-state index contributed by atoms with van der Waals surface area (Å²) in [5, 5.41) is 2.03. The lowest BCUT2D eigenvalue weighted by Crippen LogP contribution is -2.29. The van der Waals surface area contributed by atoms with Gasteiger partial charge in [0.1, 0.15) is 4.70 Å². The topological polar surface area (TPSA) is 36.7 Å². The maximum atomic E-state index is 12.5. The van der Waals surface area contributed by atoms with Crippen LogP contribution in [0.4, 0.5) is 11.6 Å². The van der Waals surface area contributed by atoms with Gasteiger partial charge < -0.3 is 14.2 Å². The van der Waals surface area contributed by atoms with Crippen molar-refractivity contribution < 1.29 is 4.42 Å². The number of piperidine rings is 1. The Morgan fingerprint density at radius 3 is 2.48 bits per heavy atom. The average Bonchev–Trinajstić information content (AvgIpc) is 3.07. The molecule has 0 aliphatic carbocycles. The second-order valence-electron chi connectivity index (χ2n) is 6.75. The van der Waals surface area contributed by atoms with Gasteiger partial charge >= 0.3 is 0 Å². The highest BCUT2D eigenvalue weighted by atomic mass is 32.1. The maximum absolute atomic E-state index is 12.5. The molecule has 0 amide bonds. The molecule has 4 nitrogen and oxygen atoms in total. The van der Waals surface area contributed by atoms with Crippen LogP contribution in [0, 0.1) is 0 Å². The highest BCUT2D eigenvalue weighted by Crippen LogP contribution is 2.35. The van der Waals surface area contributed by atoms with Crippen LogP contribution in [0.3, 0.4) is 0 Å². The van der Waals surface area contributed by atoms with E-state index in [4.69, 9.17) is 4.42 Å². The Labute approximate surface area is 151 Å². The van der Waals surface area contributed by atoms with Gasteiger partial charge in [0.2, 0.25) is 5.43 Å². The van der Waals surface area contributed by atoms with Gasteiger partial charge in [-0.3, -0.25) is 4.79 Å². The van der Waals surface area contributed by atoms with E-state index >= 15 is 0 Å². The van der Waals surface area contributed by atoms with Gasteiger partial charge in [-0.15, -0.1) is 11.3 Å². The minimum atomic E-state index is 0.0583. The number of benzene rings is 1. The third-order valence-electron chi connectivity index (χ3n) is 4.79. The highest BCUT2D eigenvalue weighted by molar-refractivity contribution is 7.17. The largest absolute Gasteiger partial charge is 0.439 e. The normalized spacial score (nSPS) is 14.9.